The summed E-state index contributed by atoms with van der Waals surface area (Å²) in [7, 11) is 0. The molecule has 0 bridgehead atoms. The van der Waals surface area contributed by atoms with Crippen molar-refractivity contribution in [3.8, 4) is 11.5 Å². The maximum Gasteiger partial charge on any atom is 0.329 e. The van der Waals surface area contributed by atoms with Crippen LogP contribution in [0.1, 0.15) is 33.1 Å². The number of carbonyl (C=O) groups excluding carboxylic acids is 4. The number of amides is 3. The van der Waals surface area contributed by atoms with Crippen molar-refractivity contribution < 1.29 is 28.7 Å². The second-order valence-corrected chi connectivity index (χ2v) is 9.41. The van der Waals surface area contributed by atoms with Gasteiger partial charge < -0.3 is 14.8 Å². The lowest BCUT2D eigenvalue weighted by molar-refractivity contribution is -0.160. The monoisotopic (exact) mass is 490 g/mol. The van der Waals surface area contributed by atoms with E-state index in [1.165, 1.54) is 0 Å². The van der Waals surface area contributed by atoms with E-state index >= 15 is 0 Å². The number of allylic oxidation sites excluding steroid dienone is 2. The van der Waals surface area contributed by atoms with Gasteiger partial charge in [-0.25, -0.2) is 4.79 Å². The number of hydrogen-bond acceptors (Lipinski definition) is 6. The highest BCUT2D eigenvalue weighted by atomic mass is 16.5. The van der Waals surface area contributed by atoms with Crippen molar-refractivity contribution in [1.82, 2.24) is 4.90 Å². The van der Waals surface area contributed by atoms with Gasteiger partial charge in [0.05, 0.1) is 17.5 Å². The number of rotatable bonds is 9. The number of fused-ring (bicyclic) bond motifs is 1. The standard InChI is InChI=1S/C28H30N2O6/c1-18(2)16-23(30-26(32)20-12-6-7-13-21(20)27(30)33)28(34)35-17-25(31)29-22-14-8-9-15-24(22)36-19-10-4-3-5-11-19/h3-11,14-15,18,20-21,23H,12-13,16-17H2,1-2H3,(H,29,31). The first-order valence-electron chi connectivity index (χ1n) is 12.2. The van der Waals surface area contributed by atoms with Crippen LogP contribution in [0.25, 0.3) is 0 Å². The third kappa shape index (κ3) is 5.64. The molecule has 0 radical (unpaired) electrons. The van der Waals surface area contributed by atoms with Gasteiger partial charge in [-0.1, -0.05) is 56.3 Å². The molecular formula is C28H30N2O6. The molecule has 3 unspecified atom stereocenters. The highest BCUT2D eigenvalue weighted by Crippen LogP contribution is 2.37. The lowest BCUT2D eigenvalue weighted by atomic mass is 9.85. The highest BCUT2D eigenvalue weighted by Gasteiger charge is 2.51. The lowest BCUT2D eigenvalue weighted by Gasteiger charge is -2.26. The molecule has 1 aliphatic carbocycles. The van der Waals surface area contributed by atoms with Crippen molar-refractivity contribution >= 4 is 29.4 Å². The molecule has 1 saturated heterocycles. The van der Waals surface area contributed by atoms with Crippen LogP contribution in [0.3, 0.4) is 0 Å². The van der Waals surface area contributed by atoms with E-state index in [0.717, 1.165) is 4.90 Å². The molecule has 3 amide bonds. The zero-order chi connectivity index (χ0) is 25.7. The zero-order valence-corrected chi connectivity index (χ0v) is 20.4. The van der Waals surface area contributed by atoms with Crippen molar-refractivity contribution in [2.24, 2.45) is 17.8 Å². The van der Waals surface area contributed by atoms with Crippen LogP contribution in [-0.2, 0) is 23.9 Å². The van der Waals surface area contributed by atoms with Crippen LogP contribution in [0.5, 0.6) is 11.5 Å². The molecule has 0 spiro atoms. The number of nitrogens with one attached hydrogen (secondary N) is 1. The smallest absolute Gasteiger partial charge is 0.329 e. The number of benzene rings is 2. The predicted octanol–water partition coefficient (Wildman–Crippen LogP) is 4.33. The van der Waals surface area contributed by atoms with Crippen LogP contribution < -0.4 is 10.1 Å². The third-order valence-electron chi connectivity index (χ3n) is 6.30. The number of para-hydroxylation sites is 3. The Kier molecular flexibility index (Phi) is 7.83. The molecule has 0 aromatic heterocycles. The van der Waals surface area contributed by atoms with Crippen molar-refractivity contribution in [3.63, 3.8) is 0 Å². The number of likely N-dealkylation sites (tertiary alicyclic amines) is 1. The molecule has 2 aliphatic rings. The normalized spacial score (nSPS) is 19.7. The Morgan fingerprint density at radius 1 is 0.944 bits per heavy atom. The van der Waals surface area contributed by atoms with Gasteiger partial charge in [0.1, 0.15) is 11.8 Å². The molecular weight excluding hydrogens is 460 g/mol. The van der Waals surface area contributed by atoms with Crippen LogP contribution in [0.4, 0.5) is 5.69 Å². The first-order chi connectivity index (χ1) is 17.3. The average Bonchev–Trinajstić information content (AvgIpc) is 3.12. The summed E-state index contributed by atoms with van der Waals surface area (Å²) in [5.41, 5.74) is 0.419. The fourth-order valence-electron chi connectivity index (χ4n) is 4.58. The summed E-state index contributed by atoms with van der Waals surface area (Å²) in [6.45, 7) is 3.24. The van der Waals surface area contributed by atoms with Gasteiger partial charge in [-0.05, 0) is 49.4 Å². The molecule has 3 atom stereocenters. The largest absolute Gasteiger partial charge is 0.455 e. The predicted molar refractivity (Wildman–Crippen MR) is 133 cm³/mol. The summed E-state index contributed by atoms with van der Waals surface area (Å²) < 4.78 is 11.2. The summed E-state index contributed by atoms with van der Waals surface area (Å²) in [6, 6.07) is 15.0. The number of ether oxygens (including phenoxy) is 2. The Balaban J connectivity index is 1.40. The van der Waals surface area contributed by atoms with E-state index in [0.29, 0.717) is 30.0 Å². The molecule has 8 heteroatoms. The van der Waals surface area contributed by atoms with Gasteiger partial charge >= 0.3 is 5.97 Å². The van der Waals surface area contributed by atoms with Gasteiger partial charge in [0, 0.05) is 0 Å². The Labute approximate surface area is 210 Å². The third-order valence-corrected chi connectivity index (χ3v) is 6.30. The van der Waals surface area contributed by atoms with E-state index in [1.54, 1.807) is 36.4 Å². The minimum absolute atomic E-state index is 0.0275. The summed E-state index contributed by atoms with van der Waals surface area (Å²) in [5.74, 6) is -1.80. The van der Waals surface area contributed by atoms with Crippen LogP contribution in [0.2, 0.25) is 0 Å². The SMILES string of the molecule is CC(C)CC(C(=O)OCC(=O)Nc1ccccc1Oc1ccccc1)N1C(=O)C2CC=CCC2C1=O. The Hall–Kier alpha value is -3.94. The van der Waals surface area contributed by atoms with E-state index in [1.807, 2.05) is 44.2 Å². The van der Waals surface area contributed by atoms with Gasteiger partial charge in [0.15, 0.2) is 12.4 Å². The number of anilines is 1. The first kappa shape index (κ1) is 25.2. The summed E-state index contributed by atoms with van der Waals surface area (Å²) >= 11 is 0. The van der Waals surface area contributed by atoms with E-state index in [9.17, 15) is 19.2 Å². The molecule has 1 N–H and O–H groups in total. The van der Waals surface area contributed by atoms with Crippen molar-refractivity contribution in [3.05, 3.63) is 66.7 Å². The van der Waals surface area contributed by atoms with Crippen LogP contribution >= 0.6 is 0 Å². The highest BCUT2D eigenvalue weighted by molar-refractivity contribution is 6.08. The molecule has 1 fully saturated rings. The second-order valence-electron chi connectivity index (χ2n) is 9.41. The summed E-state index contributed by atoms with van der Waals surface area (Å²) in [5, 5.41) is 2.70. The molecule has 188 valence electrons. The molecule has 36 heavy (non-hydrogen) atoms. The van der Waals surface area contributed by atoms with Crippen LogP contribution in [0, 0.1) is 17.8 Å². The molecule has 8 nitrogen and oxygen atoms in total. The fourth-order valence-corrected chi connectivity index (χ4v) is 4.58. The molecule has 2 aromatic rings. The van der Waals surface area contributed by atoms with E-state index in [2.05, 4.69) is 5.32 Å². The van der Waals surface area contributed by atoms with Crippen molar-refractivity contribution in [1.29, 1.82) is 0 Å². The number of imide groups is 1. The number of nitrogens with zero attached hydrogens (tertiary/aromatic N) is 1. The van der Waals surface area contributed by atoms with Crippen LogP contribution in [0.15, 0.2) is 66.7 Å². The fraction of sp³-hybridized carbons (Fsp3) is 0.357. The van der Waals surface area contributed by atoms with Gasteiger partial charge in [-0.3, -0.25) is 19.3 Å². The Bertz CT molecular complexity index is 1130. The van der Waals surface area contributed by atoms with E-state index < -0.39 is 36.4 Å². The van der Waals surface area contributed by atoms with E-state index in [-0.39, 0.29) is 24.2 Å². The van der Waals surface area contributed by atoms with Crippen LogP contribution in [-0.4, -0.2) is 41.2 Å². The summed E-state index contributed by atoms with van der Waals surface area (Å²) in [6.07, 6.45) is 5.03. The molecule has 1 aliphatic heterocycles. The Morgan fingerprint density at radius 2 is 1.56 bits per heavy atom. The topological polar surface area (TPSA) is 102 Å². The molecule has 0 saturated carbocycles. The minimum atomic E-state index is -1.06. The minimum Gasteiger partial charge on any atom is -0.455 e. The molecule has 2 aromatic carbocycles. The van der Waals surface area contributed by atoms with Gasteiger partial charge in [0.25, 0.3) is 5.91 Å². The van der Waals surface area contributed by atoms with Gasteiger partial charge in [0.2, 0.25) is 11.8 Å². The maximum atomic E-state index is 13.0. The number of hydrogen-bond donors (Lipinski definition) is 1. The maximum absolute atomic E-state index is 13.0. The first-order valence-corrected chi connectivity index (χ1v) is 12.2. The molecule has 1 heterocycles. The van der Waals surface area contributed by atoms with Crippen molar-refractivity contribution in [2.75, 3.05) is 11.9 Å². The van der Waals surface area contributed by atoms with E-state index in [4.69, 9.17) is 9.47 Å². The quantitative estimate of drug-likeness (QED) is 0.319. The van der Waals surface area contributed by atoms with Crippen molar-refractivity contribution in [2.45, 2.75) is 39.2 Å². The van der Waals surface area contributed by atoms with Gasteiger partial charge in [-0.15, -0.1) is 0 Å². The Morgan fingerprint density at radius 3 is 2.19 bits per heavy atom. The summed E-state index contributed by atoms with van der Waals surface area (Å²) in [4.78, 5) is 52.8. The average molecular weight is 491 g/mol. The lowest BCUT2D eigenvalue weighted by Crippen LogP contribution is -2.47. The number of esters is 1. The molecule has 4 rings (SSSR count). The zero-order valence-electron chi connectivity index (χ0n) is 20.4. The second kappa shape index (κ2) is 11.2. The number of carbonyl (C=O) groups is 4. The van der Waals surface area contributed by atoms with Gasteiger partial charge in [-0.2, -0.15) is 0 Å².